The van der Waals surface area contributed by atoms with Crippen molar-refractivity contribution in [2.45, 2.75) is 278 Å². The molecule has 0 spiro atoms. The Bertz CT molecular complexity index is 2260. The first-order valence-electron chi connectivity index (χ1n) is 30.8. The van der Waals surface area contributed by atoms with Gasteiger partial charge < -0.3 is 134 Å². The van der Waals surface area contributed by atoms with Crippen molar-refractivity contribution in [3.8, 4) is 0 Å². The van der Waals surface area contributed by atoms with Crippen LogP contribution in [0.1, 0.15) is 113 Å². The Morgan fingerprint density at radius 1 is 0.512 bits per heavy atom. The number of rotatable bonds is 18. The number of hydrogen-bond acceptors (Lipinski definition) is 27. The summed E-state index contributed by atoms with van der Waals surface area (Å²) in [7, 11) is 0. The van der Waals surface area contributed by atoms with Gasteiger partial charge in [0.15, 0.2) is 31.5 Å². The van der Waals surface area contributed by atoms with Gasteiger partial charge in [-0.2, -0.15) is 0 Å². The van der Waals surface area contributed by atoms with Gasteiger partial charge in [-0.15, -0.1) is 0 Å². The lowest BCUT2D eigenvalue weighted by molar-refractivity contribution is -0.378. The summed E-state index contributed by atoms with van der Waals surface area (Å²) in [5, 5.41) is 185. The number of aliphatic hydroxyl groups excluding tert-OH is 17. The molecule has 5 aliphatic heterocycles. The fourth-order valence-electron chi connectivity index (χ4n) is 17.5. The molecule has 29 unspecified atom stereocenters. The molecule has 5 heterocycles. The van der Waals surface area contributed by atoms with E-state index >= 15 is 0 Å². The highest BCUT2D eigenvalue weighted by Gasteiger charge is 2.72. The lowest BCUT2D eigenvalue weighted by atomic mass is 9.35. The smallest absolute Gasteiger partial charge is 0.187 e. The molecule has 0 radical (unpaired) electrons. The fraction of sp³-hybridized carbons (Fsp3) is 0.966. The Kier molecular flexibility index (Phi) is 21.3. The predicted octanol–water partition coefficient (Wildman–Crippen LogP) is -3.74. The Morgan fingerprint density at radius 2 is 1.06 bits per heavy atom. The number of hydrogen-bond donors (Lipinski definition) is 17. The molecule has 498 valence electrons. The molecule has 9 fully saturated rings. The van der Waals surface area contributed by atoms with Gasteiger partial charge in [0.25, 0.3) is 0 Å². The summed E-state index contributed by atoms with van der Waals surface area (Å²) in [5.41, 5.74) is -1.82. The van der Waals surface area contributed by atoms with E-state index in [1.165, 1.54) is 0 Å². The van der Waals surface area contributed by atoms with Crippen LogP contribution in [0.3, 0.4) is 0 Å². The van der Waals surface area contributed by atoms with E-state index in [0.29, 0.717) is 38.5 Å². The van der Waals surface area contributed by atoms with Gasteiger partial charge in [0.05, 0.1) is 50.8 Å². The lowest BCUT2D eigenvalue weighted by Gasteiger charge is -2.71. The van der Waals surface area contributed by atoms with E-state index < -0.39 is 209 Å². The van der Waals surface area contributed by atoms with Crippen molar-refractivity contribution in [1.82, 2.24) is 0 Å². The van der Waals surface area contributed by atoms with Gasteiger partial charge in [-0.1, -0.05) is 46.3 Å². The molecule has 4 saturated carbocycles. The van der Waals surface area contributed by atoms with Crippen molar-refractivity contribution < 1.29 is 134 Å². The highest BCUT2D eigenvalue weighted by Crippen LogP contribution is 2.76. The maximum atomic E-state index is 12.9. The molecule has 0 aromatic carbocycles. The van der Waals surface area contributed by atoms with Crippen LogP contribution in [0.5, 0.6) is 0 Å². The van der Waals surface area contributed by atoms with Crippen molar-refractivity contribution >= 4 is 0 Å². The molecule has 9 rings (SSSR count). The maximum Gasteiger partial charge on any atom is 0.187 e. The zero-order valence-electron chi connectivity index (χ0n) is 50.5. The van der Waals surface area contributed by atoms with Gasteiger partial charge in [-0.25, -0.2) is 0 Å². The molecular formula is C59H100O27. The molecule has 0 amide bonds. The minimum Gasteiger partial charge on any atom is -0.394 e. The first-order chi connectivity index (χ1) is 40.3. The third kappa shape index (κ3) is 12.3. The molecule has 5 saturated heterocycles. The summed E-state index contributed by atoms with van der Waals surface area (Å²) in [5.74, 6) is -0.628. The minimum absolute atomic E-state index is 0.00480. The van der Waals surface area contributed by atoms with E-state index in [2.05, 4.69) is 40.7 Å². The van der Waals surface area contributed by atoms with Gasteiger partial charge in [-0.3, -0.25) is 0 Å². The maximum absolute atomic E-state index is 12.9. The van der Waals surface area contributed by atoms with Crippen LogP contribution in [-0.2, 0) is 47.4 Å². The molecule has 0 bridgehead atoms. The van der Waals surface area contributed by atoms with Gasteiger partial charge in [-0.05, 0) is 124 Å². The van der Waals surface area contributed by atoms with Gasteiger partial charge in [0.2, 0.25) is 0 Å². The molecular weight excluding hydrogens is 1140 g/mol. The van der Waals surface area contributed by atoms with E-state index in [9.17, 15) is 86.8 Å². The van der Waals surface area contributed by atoms with Gasteiger partial charge in [0, 0.05) is 0 Å². The van der Waals surface area contributed by atoms with Crippen molar-refractivity contribution in [3.05, 3.63) is 11.6 Å². The van der Waals surface area contributed by atoms with E-state index in [4.69, 9.17) is 47.4 Å². The van der Waals surface area contributed by atoms with Crippen LogP contribution in [0.15, 0.2) is 11.6 Å². The van der Waals surface area contributed by atoms with Crippen molar-refractivity contribution in [2.75, 3.05) is 33.0 Å². The molecule has 0 aromatic rings. The lowest BCUT2D eigenvalue weighted by Crippen LogP contribution is -2.68. The first-order valence-corrected chi connectivity index (χ1v) is 30.8. The highest BCUT2D eigenvalue weighted by molar-refractivity contribution is 5.21. The zero-order chi connectivity index (χ0) is 63.1. The van der Waals surface area contributed by atoms with E-state index in [-0.39, 0.29) is 34.5 Å². The SMILES string of the molecule is CC(C)=CCC[C@](C)(OC1OC(COC2OC(CO)C(O)C(OC3OCC(O)C(O)C3O)C2O)C(O)C(O)C1O)C1CC[C@@]2(C)C1C(O)CC1[C@@]3(C)CC[C@@H](OC4OC(CO)C(O)C(O)C4OC4OC(CO)C(O)C(O)C4O)C(C)(C)C3CC[C@]12C. The van der Waals surface area contributed by atoms with Crippen LogP contribution in [0, 0.1) is 45.3 Å². The molecule has 4 aliphatic carbocycles. The summed E-state index contributed by atoms with van der Waals surface area (Å²) < 4.78 is 60.5. The standard InChI is InChI=1S/C59H100O27/c1-24(2)10-9-14-59(8,86-53-46(75)42(71)39(68)31(82-53)23-78-51-47(76)48(40(69)30(21-62)79-51)84-50-44(73)36(65)27(64)22-77-50)25-11-16-58(7)35(25)26(63)18-33-56(5)15-13-34(55(3,4)32(56)12-17-57(33,58)6)83-54-49(43(72)38(67)29(20-61)81-54)85-52-45(74)41(70)37(66)28(19-60)80-52/h10,25-54,60-76H,9,11-23H2,1-8H3/t25?,26?,27?,28?,29?,30?,31?,32?,33?,34-,35?,36?,37?,38?,39?,40?,41?,42?,43?,44?,45?,46?,47?,48?,49?,50?,51?,52?,53?,54?,56+,57-,58+,59+/m1/s1. The summed E-state index contributed by atoms with van der Waals surface area (Å²) in [4.78, 5) is 0. The second kappa shape index (κ2) is 26.6. The normalized spacial score (nSPS) is 52.9. The second-order valence-corrected chi connectivity index (χ2v) is 28.1. The van der Waals surface area contributed by atoms with Crippen LogP contribution in [0.25, 0.3) is 0 Å². The van der Waals surface area contributed by atoms with E-state index in [1.807, 2.05) is 20.8 Å². The zero-order valence-corrected chi connectivity index (χ0v) is 50.5. The highest BCUT2D eigenvalue weighted by atomic mass is 16.8. The second-order valence-electron chi connectivity index (χ2n) is 28.1. The monoisotopic (exact) mass is 1240 g/mol. The average molecular weight is 1240 g/mol. The molecule has 17 N–H and O–H groups in total. The third-order valence-electron chi connectivity index (χ3n) is 22.6. The Hall–Kier alpha value is -1.34. The molecule has 27 heteroatoms. The first kappa shape index (κ1) is 69.0. The Balaban J connectivity index is 0.913. The largest absolute Gasteiger partial charge is 0.394 e. The number of ether oxygens (including phenoxy) is 10. The number of allylic oxidation sites excluding steroid dienone is 2. The Morgan fingerprint density at radius 3 is 1.70 bits per heavy atom. The summed E-state index contributed by atoms with van der Waals surface area (Å²) >= 11 is 0. The number of aliphatic hydroxyl groups is 17. The van der Waals surface area contributed by atoms with Crippen LogP contribution < -0.4 is 0 Å². The molecule has 34 atom stereocenters. The summed E-state index contributed by atoms with van der Waals surface area (Å²) in [6.45, 7) is 13.8. The van der Waals surface area contributed by atoms with Crippen LogP contribution in [0.2, 0.25) is 0 Å². The summed E-state index contributed by atoms with van der Waals surface area (Å²) in [6, 6.07) is 0. The molecule has 86 heavy (non-hydrogen) atoms. The van der Waals surface area contributed by atoms with E-state index in [0.717, 1.165) is 24.8 Å². The molecule has 9 aliphatic rings. The fourth-order valence-corrected chi connectivity index (χ4v) is 17.5. The summed E-state index contributed by atoms with van der Waals surface area (Å²) in [6.07, 6.45) is -33.0. The quantitative estimate of drug-likeness (QED) is 0.0463. The van der Waals surface area contributed by atoms with Crippen molar-refractivity contribution in [1.29, 1.82) is 0 Å². The Labute approximate surface area is 501 Å². The van der Waals surface area contributed by atoms with Crippen LogP contribution >= 0.6 is 0 Å². The minimum atomic E-state index is -1.84. The molecule has 27 nitrogen and oxygen atoms in total. The van der Waals surface area contributed by atoms with Gasteiger partial charge in [0.1, 0.15) is 116 Å². The van der Waals surface area contributed by atoms with Crippen molar-refractivity contribution in [2.24, 2.45) is 45.3 Å². The molecule has 0 aromatic heterocycles. The predicted molar refractivity (Wildman–Crippen MR) is 293 cm³/mol. The van der Waals surface area contributed by atoms with Crippen LogP contribution in [0.4, 0.5) is 0 Å². The van der Waals surface area contributed by atoms with Crippen LogP contribution in [-0.4, -0.2) is 285 Å². The topological polar surface area (TPSA) is 436 Å². The van der Waals surface area contributed by atoms with E-state index in [1.54, 1.807) is 0 Å². The van der Waals surface area contributed by atoms with Gasteiger partial charge >= 0.3 is 0 Å². The average Bonchev–Trinajstić information content (AvgIpc) is 1.29. The van der Waals surface area contributed by atoms with Crippen molar-refractivity contribution in [3.63, 3.8) is 0 Å². The number of fused-ring (bicyclic) bond motifs is 5. The third-order valence-corrected chi connectivity index (χ3v) is 22.6.